The summed E-state index contributed by atoms with van der Waals surface area (Å²) in [4.78, 5) is 21.2. The molecule has 2 aromatic carbocycles. The van der Waals surface area contributed by atoms with Gasteiger partial charge in [-0.25, -0.2) is 13.8 Å². The minimum atomic E-state index is -2.69. The second-order valence-corrected chi connectivity index (χ2v) is 9.62. The molecule has 1 saturated heterocycles. The first-order valence-electron chi connectivity index (χ1n) is 11.4. The van der Waals surface area contributed by atoms with E-state index in [1.54, 1.807) is 18.0 Å². The zero-order chi connectivity index (χ0) is 24.3. The van der Waals surface area contributed by atoms with Crippen LogP contribution >= 0.6 is 11.8 Å². The molecule has 178 valence electrons. The predicted octanol–water partition coefficient (Wildman–Crippen LogP) is 6.97. The molecule has 0 unspecified atom stereocenters. The molecule has 0 aliphatic carbocycles. The van der Waals surface area contributed by atoms with Crippen molar-refractivity contribution in [3.8, 4) is 11.1 Å². The van der Waals surface area contributed by atoms with E-state index in [1.807, 2.05) is 73.5 Å². The lowest BCUT2D eigenvalue weighted by Crippen LogP contribution is -2.30. The molecule has 1 aliphatic rings. The standard InChI is InChI=1S/C27H29F2N3OS/c1-18-8-10-20(11-9-18)23-17-30-25(32-14-5-12-27(28,29)13-15-32)24(19(23)2)26(33)31-21-6-4-7-22(16-21)34-3/h4,6-11,16-17H,5,12-15H2,1-3H3,(H,31,33). The van der Waals surface area contributed by atoms with Crippen molar-refractivity contribution in [2.45, 2.75) is 43.9 Å². The number of aromatic nitrogens is 1. The number of amides is 1. The molecule has 4 nitrogen and oxygen atoms in total. The van der Waals surface area contributed by atoms with Crippen molar-refractivity contribution in [3.63, 3.8) is 0 Å². The van der Waals surface area contributed by atoms with Crippen molar-refractivity contribution >= 4 is 29.2 Å². The van der Waals surface area contributed by atoms with Crippen LogP contribution in [0.3, 0.4) is 0 Å². The summed E-state index contributed by atoms with van der Waals surface area (Å²) in [5.41, 5.74) is 4.85. The molecule has 1 fully saturated rings. The van der Waals surface area contributed by atoms with E-state index in [9.17, 15) is 13.6 Å². The van der Waals surface area contributed by atoms with Crippen molar-refractivity contribution in [1.29, 1.82) is 0 Å². The van der Waals surface area contributed by atoms with Crippen LogP contribution in [-0.2, 0) is 0 Å². The van der Waals surface area contributed by atoms with E-state index in [0.29, 0.717) is 30.0 Å². The Labute approximate surface area is 203 Å². The molecule has 0 radical (unpaired) electrons. The highest BCUT2D eigenvalue weighted by Crippen LogP contribution is 2.35. The molecule has 1 amide bonds. The number of hydrogen-bond acceptors (Lipinski definition) is 4. The van der Waals surface area contributed by atoms with Crippen LogP contribution in [0, 0.1) is 13.8 Å². The van der Waals surface area contributed by atoms with E-state index < -0.39 is 5.92 Å². The summed E-state index contributed by atoms with van der Waals surface area (Å²) in [7, 11) is 0. The normalized spacial score (nSPS) is 15.6. The molecule has 0 spiro atoms. The van der Waals surface area contributed by atoms with Crippen molar-refractivity contribution < 1.29 is 13.6 Å². The summed E-state index contributed by atoms with van der Waals surface area (Å²) >= 11 is 1.59. The number of anilines is 2. The van der Waals surface area contributed by atoms with Gasteiger partial charge in [0.25, 0.3) is 5.91 Å². The van der Waals surface area contributed by atoms with E-state index in [4.69, 9.17) is 0 Å². The number of carbonyl (C=O) groups excluding carboxylic acids is 1. The number of alkyl halides is 2. The Hall–Kier alpha value is -2.93. The fraction of sp³-hybridized carbons (Fsp3) is 0.333. The van der Waals surface area contributed by atoms with Crippen molar-refractivity contribution in [2.75, 3.05) is 29.6 Å². The quantitative estimate of drug-likeness (QED) is 0.400. The Balaban J connectivity index is 1.76. The summed E-state index contributed by atoms with van der Waals surface area (Å²) in [6, 6.07) is 15.7. The second kappa shape index (κ2) is 10.1. The third-order valence-corrected chi connectivity index (χ3v) is 6.98. The third-order valence-electron chi connectivity index (χ3n) is 6.25. The Bertz CT molecular complexity index is 1180. The van der Waals surface area contributed by atoms with Gasteiger partial charge in [0.05, 0.1) is 5.56 Å². The molecule has 1 N–H and O–H groups in total. The SMILES string of the molecule is CSc1cccc(NC(=O)c2c(N3CCCC(F)(F)CC3)ncc(-c3ccc(C)cc3)c2C)c1. The van der Waals surface area contributed by atoms with Gasteiger partial charge in [0.15, 0.2) is 0 Å². The second-order valence-electron chi connectivity index (χ2n) is 8.74. The smallest absolute Gasteiger partial charge is 0.259 e. The van der Waals surface area contributed by atoms with E-state index in [2.05, 4.69) is 10.3 Å². The number of hydrogen-bond donors (Lipinski definition) is 1. The highest BCUT2D eigenvalue weighted by molar-refractivity contribution is 7.98. The third kappa shape index (κ3) is 5.41. The number of rotatable bonds is 5. The van der Waals surface area contributed by atoms with Gasteiger partial charge in [0.1, 0.15) is 5.82 Å². The van der Waals surface area contributed by atoms with Gasteiger partial charge >= 0.3 is 0 Å². The molecule has 7 heteroatoms. The van der Waals surface area contributed by atoms with Gasteiger partial charge in [0, 0.05) is 48.3 Å². The fourth-order valence-electron chi connectivity index (χ4n) is 4.30. The molecular weight excluding hydrogens is 452 g/mol. The van der Waals surface area contributed by atoms with E-state index in [1.165, 1.54) is 0 Å². The van der Waals surface area contributed by atoms with E-state index in [-0.39, 0.29) is 25.3 Å². The van der Waals surface area contributed by atoms with Gasteiger partial charge in [-0.3, -0.25) is 4.79 Å². The minimum absolute atomic E-state index is 0.146. The summed E-state index contributed by atoms with van der Waals surface area (Å²) in [5.74, 6) is -2.51. The lowest BCUT2D eigenvalue weighted by molar-refractivity contribution is -0.0102. The zero-order valence-electron chi connectivity index (χ0n) is 19.7. The largest absolute Gasteiger partial charge is 0.356 e. The van der Waals surface area contributed by atoms with Crippen LogP contribution in [0.15, 0.2) is 59.6 Å². The first-order valence-corrected chi connectivity index (χ1v) is 12.6. The number of benzene rings is 2. The topological polar surface area (TPSA) is 45.2 Å². The van der Waals surface area contributed by atoms with Gasteiger partial charge in [-0.1, -0.05) is 35.9 Å². The van der Waals surface area contributed by atoms with Gasteiger partial charge < -0.3 is 10.2 Å². The maximum Gasteiger partial charge on any atom is 0.259 e. The van der Waals surface area contributed by atoms with Crippen LogP contribution in [0.4, 0.5) is 20.3 Å². The molecule has 0 bridgehead atoms. The van der Waals surface area contributed by atoms with Crippen LogP contribution < -0.4 is 10.2 Å². The minimum Gasteiger partial charge on any atom is -0.356 e. The highest BCUT2D eigenvalue weighted by Gasteiger charge is 2.33. The number of aryl methyl sites for hydroxylation is 1. The summed E-state index contributed by atoms with van der Waals surface area (Å²) < 4.78 is 28.1. The molecule has 34 heavy (non-hydrogen) atoms. The van der Waals surface area contributed by atoms with E-state index in [0.717, 1.165) is 27.1 Å². The number of nitrogens with zero attached hydrogens (tertiary/aromatic N) is 2. The molecule has 0 atom stereocenters. The van der Waals surface area contributed by atoms with E-state index >= 15 is 0 Å². The summed E-state index contributed by atoms with van der Waals surface area (Å²) in [6.45, 7) is 4.52. The van der Waals surface area contributed by atoms with Gasteiger partial charge in [-0.05, 0) is 55.9 Å². The number of nitrogens with one attached hydrogen (secondary N) is 1. The molecule has 0 saturated carbocycles. The van der Waals surface area contributed by atoms with Gasteiger partial charge in [-0.2, -0.15) is 0 Å². The fourth-order valence-corrected chi connectivity index (χ4v) is 4.75. The first kappa shape index (κ1) is 24.2. The Morgan fingerprint density at radius 3 is 2.59 bits per heavy atom. The first-order chi connectivity index (χ1) is 16.3. The van der Waals surface area contributed by atoms with Crippen molar-refractivity contribution in [3.05, 3.63) is 71.4 Å². The van der Waals surface area contributed by atoms with Gasteiger partial charge in [-0.15, -0.1) is 11.8 Å². The molecular formula is C27H29F2N3OS. The van der Waals surface area contributed by atoms with Crippen LogP contribution in [0.2, 0.25) is 0 Å². The molecule has 2 heterocycles. The monoisotopic (exact) mass is 481 g/mol. The number of thioether (sulfide) groups is 1. The zero-order valence-corrected chi connectivity index (χ0v) is 20.5. The Morgan fingerprint density at radius 1 is 1.09 bits per heavy atom. The maximum atomic E-state index is 14.0. The molecule has 1 aromatic heterocycles. The average Bonchev–Trinajstić information content (AvgIpc) is 3.00. The Kier molecular flexibility index (Phi) is 7.22. The number of pyridine rings is 1. The summed E-state index contributed by atoms with van der Waals surface area (Å²) in [5, 5.41) is 3.01. The van der Waals surface area contributed by atoms with Gasteiger partial charge in [0.2, 0.25) is 5.92 Å². The predicted molar refractivity (Wildman–Crippen MR) is 136 cm³/mol. The number of carbonyl (C=O) groups is 1. The highest BCUT2D eigenvalue weighted by atomic mass is 32.2. The lowest BCUT2D eigenvalue weighted by atomic mass is 9.97. The van der Waals surface area contributed by atoms with Crippen molar-refractivity contribution in [1.82, 2.24) is 4.98 Å². The number of halogens is 2. The maximum absolute atomic E-state index is 14.0. The van der Waals surface area contributed by atoms with Crippen LogP contribution in [0.5, 0.6) is 0 Å². The molecule has 4 rings (SSSR count). The van der Waals surface area contributed by atoms with Crippen LogP contribution in [0.1, 0.15) is 40.7 Å². The Morgan fingerprint density at radius 2 is 1.85 bits per heavy atom. The lowest BCUT2D eigenvalue weighted by Gasteiger charge is -2.26. The molecule has 1 aliphatic heterocycles. The van der Waals surface area contributed by atoms with Crippen LogP contribution in [-0.4, -0.2) is 36.2 Å². The molecule has 3 aromatic rings. The average molecular weight is 482 g/mol. The van der Waals surface area contributed by atoms with Crippen molar-refractivity contribution in [2.24, 2.45) is 0 Å². The summed E-state index contributed by atoms with van der Waals surface area (Å²) in [6.07, 6.45) is 3.69. The van der Waals surface area contributed by atoms with Crippen LogP contribution in [0.25, 0.3) is 11.1 Å².